The Labute approximate surface area is 52.6 Å². The van der Waals surface area contributed by atoms with Crippen LogP contribution in [0.25, 0.3) is 0 Å². The fourth-order valence-corrected chi connectivity index (χ4v) is 0.630. The van der Waals surface area contributed by atoms with E-state index in [9.17, 15) is 0 Å². The van der Waals surface area contributed by atoms with Gasteiger partial charge >= 0.3 is 0 Å². The van der Waals surface area contributed by atoms with Crippen molar-refractivity contribution in [2.24, 2.45) is 5.73 Å². The van der Waals surface area contributed by atoms with Gasteiger partial charge in [0.05, 0.1) is 6.33 Å². The number of aromatic amines is 1. The lowest BCUT2D eigenvalue weighted by Gasteiger charge is -1.90. The molecule has 1 rings (SSSR count). The van der Waals surface area contributed by atoms with Crippen LogP contribution in [0.2, 0.25) is 0 Å². The molecular weight excluding hydrogens is 116 g/mol. The lowest BCUT2D eigenvalue weighted by atomic mass is 10.3. The molecule has 0 unspecified atom stereocenters. The van der Waals surface area contributed by atoms with Crippen molar-refractivity contribution in [3.8, 4) is 0 Å². The van der Waals surface area contributed by atoms with E-state index in [4.69, 9.17) is 11.1 Å². The number of nitrogens with zero attached hydrogens (tertiary/aromatic N) is 1. The van der Waals surface area contributed by atoms with E-state index in [1.807, 2.05) is 6.92 Å². The van der Waals surface area contributed by atoms with Crippen LogP contribution in [0.5, 0.6) is 0 Å². The number of hydrogen-bond acceptors (Lipinski definition) is 2. The molecular formula is C5H8N4. The Kier molecular flexibility index (Phi) is 1.22. The van der Waals surface area contributed by atoms with Crippen molar-refractivity contribution in [1.82, 2.24) is 9.97 Å². The van der Waals surface area contributed by atoms with E-state index in [1.54, 1.807) is 0 Å². The van der Waals surface area contributed by atoms with Gasteiger partial charge < -0.3 is 10.7 Å². The molecule has 1 aromatic rings. The van der Waals surface area contributed by atoms with E-state index in [2.05, 4.69) is 9.97 Å². The summed E-state index contributed by atoms with van der Waals surface area (Å²) >= 11 is 0. The van der Waals surface area contributed by atoms with Gasteiger partial charge in [-0.1, -0.05) is 0 Å². The molecule has 0 aliphatic rings. The predicted octanol–water partition coefficient (Wildman–Crippen LogP) is 0.00219. The summed E-state index contributed by atoms with van der Waals surface area (Å²) in [7, 11) is 0. The molecule has 9 heavy (non-hydrogen) atoms. The highest BCUT2D eigenvalue weighted by Gasteiger charge is 2.01. The topological polar surface area (TPSA) is 78.5 Å². The van der Waals surface area contributed by atoms with Crippen molar-refractivity contribution in [3.05, 3.63) is 17.7 Å². The second-order valence-electron chi connectivity index (χ2n) is 1.79. The van der Waals surface area contributed by atoms with Crippen LogP contribution in [0.1, 0.15) is 11.4 Å². The molecule has 0 atom stereocenters. The number of nitrogens with one attached hydrogen (secondary N) is 2. The van der Waals surface area contributed by atoms with Crippen molar-refractivity contribution in [3.63, 3.8) is 0 Å². The third kappa shape index (κ3) is 0.910. The van der Waals surface area contributed by atoms with Crippen LogP contribution in [0.4, 0.5) is 0 Å². The summed E-state index contributed by atoms with van der Waals surface area (Å²) in [6, 6.07) is 0. The summed E-state index contributed by atoms with van der Waals surface area (Å²) in [6.07, 6.45) is 1.52. The van der Waals surface area contributed by atoms with Gasteiger partial charge in [-0.25, -0.2) is 4.98 Å². The number of nitrogen functional groups attached to an aromatic ring is 1. The van der Waals surface area contributed by atoms with Gasteiger partial charge in [-0.2, -0.15) is 0 Å². The molecule has 0 aromatic carbocycles. The summed E-state index contributed by atoms with van der Waals surface area (Å²) < 4.78 is 0. The molecule has 0 saturated heterocycles. The Morgan fingerprint density at radius 1 is 1.89 bits per heavy atom. The normalized spacial score (nSPS) is 9.44. The van der Waals surface area contributed by atoms with Crippen LogP contribution in [0.15, 0.2) is 6.33 Å². The van der Waals surface area contributed by atoms with E-state index in [-0.39, 0.29) is 5.84 Å². The number of H-pyrrole nitrogens is 1. The summed E-state index contributed by atoms with van der Waals surface area (Å²) in [6.45, 7) is 1.82. The largest absolute Gasteiger partial charge is 0.382 e. The highest BCUT2D eigenvalue weighted by molar-refractivity contribution is 5.93. The maximum atomic E-state index is 6.99. The average Bonchev–Trinajstić information content (AvgIpc) is 2.13. The number of aromatic nitrogens is 2. The molecule has 0 aliphatic heterocycles. The quantitative estimate of drug-likeness (QED) is 0.364. The first-order valence-corrected chi connectivity index (χ1v) is 2.56. The predicted molar refractivity (Wildman–Crippen MR) is 34.3 cm³/mol. The number of nitrogens with two attached hydrogens (primary N) is 1. The Morgan fingerprint density at radius 2 is 2.56 bits per heavy atom. The Morgan fingerprint density at radius 3 is 2.78 bits per heavy atom. The van der Waals surface area contributed by atoms with Crippen molar-refractivity contribution in [2.75, 3.05) is 0 Å². The summed E-state index contributed by atoms with van der Waals surface area (Å²) in [5, 5.41) is 6.99. The van der Waals surface area contributed by atoms with Crippen LogP contribution in [-0.4, -0.2) is 15.8 Å². The molecule has 1 aromatic heterocycles. The zero-order valence-electron chi connectivity index (χ0n) is 5.10. The van der Waals surface area contributed by atoms with Gasteiger partial charge in [0, 0.05) is 5.69 Å². The van der Waals surface area contributed by atoms with E-state index in [0.717, 1.165) is 5.69 Å². The van der Waals surface area contributed by atoms with Gasteiger partial charge in [0.15, 0.2) is 0 Å². The lowest BCUT2D eigenvalue weighted by Crippen LogP contribution is -2.12. The molecule has 4 nitrogen and oxygen atoms in total. The monoisotopic (exact) mass is 124 g/mol. The van der Waals surface area contributed by atoms with Crippen LogP contribution >= 0.6 is 0 Å². The third-order valence-corrected chi connectivity index (χ3v) is 1.09. The van der Waals surface area contributed by atoms with Gasteiger partial charge in [0.25, 0.3) is 0 Å². The maximum absolute atomic E-state index is 6.99. The molecule has 0 radical (unpaired) electrons. The highest BCUT2D eigenvalue weighted by Crippen LogP contribution is 1.96. The van der Waals surface area contributed by atoms with Gasteiger partial charge in [0.1, 0.15) is 11.5 Å². The van der Waals surface area contributed by atoms with Crippen molar-refractivity contribution >= 4 is 5.84 Å². The minimum atomic E-state index is 0.00810. The van der Waals surface area contributed by atoms with E-state index < -0.39 is 0 Å². The molecule has 4 heteroatoms. The summed E-state index contributed by atoms with van der Waals surface area (Å²) in [5.74, 6) is 0.00810. The van der Waals surface area contributed by atoms with Gasteiger partial charge in [0.2, 0.25) is 0 Å². The van der Waals surface area contributed by atoms with Gasteiger partial charge in [-0.15, -0.1) is 0 Å². The SMILES string of the molecule is Cc1[nH]cnc1C(=N)N. The van der Waals surface area contributed by atoms with Crippen molar-refractivity contribution < 1.29 is 0 Å². The summed E-state index contributed by atoms with van der Waals surface area (Å²) in [5.41, 5.74) is 6.53. The smallest absolute Gasteiger partial charge is 0.143 e. The molecule has 0 fully saturated rings. The van der Waals surface area contributed by atoms with Crippen LogP contribution in [0, 0.1) is 12.3 Å². The van der Waals surface area contributed by atoms with E-state index >= 15 is 0 Å². The minimum absolute atomic E-state index is 0.00810. The summed E-state index contributed by atoms with van der Waals surface area (Å²) in [4.78, 5) is 6.63. The molecule has 0 aliphatic carbocycles. The number of rotatable bonds is 1. The number of aryl methyl sites for hydroxylation is 1. The number of imidazole rings is 1. The second kappa shape index (κ2) is 1.89. The minimum Gasteiger partial charge on any atom is -0.382 e. The first kappa shape index (κ1) is 5.81. The second-order valence-corrected chi connectivity index (χ2v) is 1.79. The number of hydrogen-bond donors (Lipinski definition) is 3. The van der Waals surface area contributed by atoms with E-state index in [1.165, 1.54) is 6.33 Å². The Balaban J connectivity index is 3.08. The molecule has 4 N–H and O–H groups in total. The lowest BCUT2D eigenvalue weighted by molar-refractivity contribution is 1.25. The van der Waals surface area contributed by atoms with Crippen LogP contribution in [0.3, 0.4) is 0 Å². The average molecular weight is 124 g/mol. The fraction of sp³-hybridized carbons (Fsp3) is 0.200. The van der Waals surface area contributed by atoms with Crippen LogP contribution in [-0.2, 0) is 0 Å². The molecule has 0 amide bonds. The molecule has 0 spiro atoms. The first-order chi connectivity index (χ1) is 4.22. The maximum Gasteiger partial charge on any atom is 0.143 e. The Bertz CT molecular complexity index is 225. The molecule has 1 heterocycles. The zero-order valence-corrected chi connectivity index (χ0v) is 5.10. The Hall–Kier alpha value is -1.32. The van der Waals surface area contributed by atoms with Crippen molar-refractivity contribution in [1.29, 1.82) is 5.41 Å². The molecule has 0 bridgehead atoms. The standard InChI is InChI=1S/C5H8N4/c1-3-4(5(6)7)9-2-8-3/h2H,1H3,(H3,6,7)(H,8,9). The third-order valence-electron chi connectivity index (χ3n) is 1.09. The highest BCUT2D eigenvalue weighted by atomic mass is 14.9. The number of amidine groups is 1. The zero-order chi connectivity index (χ0) is 6.85. The van der Waals surface area contributed by atoms with Crippen molar-refractivity contribution in [2.45, 2.75) is 6.92 Å². The fourth-order valence-electron chi connectivity index (χ4n) is 0.630. The molecule has 0 saturated carbocycles. The van der Waals surface area contributed by atoms with E-state index in [0.29, 0.717) is 5.69 Å². The van der Waals surface area contributed by atoms with Crippen LogP contribution < -0.4 is 5.73 Å². The van der Waals surface area contributed by atoms with Gasteiger partial charge in [-0.05, 0) is 6.92 Å². The van der Waals surface area contributed by atoms with Gasteiger partial charge in [-0.3, -0.25) is 5.41 Å². The first-order valence-electron chi connectivity index (χ1n) is 2.56. The molecule has 48 valence electrons.